The minimum atomic E-state index is -4.14. The number of sulfonamides is 1. The number of amides is 2. The molecule has 0 radical (unpaired) electrons. The maximum Gasteiger partial charge on any atom is 0.264 e. The number of anilines is 1. The SMILES string of the molecule is CCCCNC(=O)[C@H](CC)N(Cc1c(Cl)cccc1Cl)C(=O)CN(c1ccc(C)c(C)c1)S(=O)(=O)c1ccccc1. The second-order valence-electron chi connectivity index (χ2n) is 9.88. The average Bonchev–Trinajstić information content (AvgIpc) is 2.95. The Morgan fingerprint density at radius 2 is 1.56 bits per heavy atom. The van der Waals surface area contributed by atoms with E-state index in [2.05, 4.69) is 5.32 Å². The quantitative estimate of drug-likeness (QED) is 0.221. The monoisotopic (exact) mass is 617 g/mol. The molecule has 3 aromatic rings. The van der Waals surface area contributed by atoms with Gasteiger partial charge in [0.2, 0.25) is 11.8 Å². The summed E-state index contributed by atoms with van der Waals surface area (Å²) in [5, 5.41) is 3.60. The van der Waals surface area contributed by atoms with Gasteiger partial charge < -0.3 is 10.2 Å². The molecule has 3 aromatic carbocycles. The smallest absolute Gasteiger partial charge is 0.264 e. The third-order valence-electron chi connectivity index (χ3n) is 6.99. The van der Waals surface area contributed by atoms with E-state index < -0.39 is 28.5 Å². The molecular weight excluding hydrogens is 581 g/mol. The van der Waals surface area contributed by atoms with Gasteiger partial charge in [-0.1, -0.05) is 73.8 Å². The maximum atomic E-state index is 14.2. The van der Waals surface area contributed by atoms with Crippen molar-refractivity contribution in [1.82, 2.24) is 10.2 Å². The van der Waals surface area contributed by atoms with Crippen molar-refractivity contribution in [3.63, 3.8) is 0 Å². The lowest BCUT2D eigenvalue weighted by atomic mass is 10.1. The fourth-order valence-electron chi connectivity index (χ4n) is 4.41. The molecule has 0 aliphatic rings. The van der Waals surface area contributed by atoms with E-state index in [9.17, 15) is 18.0 Å². The minimum Gasteiger partial charge on any atom is -0.354 e. The Morgan fingerprint density at radius 1 is 0.902 bits per heavy atom. The van der Waals surface area contributed by atoms with Crippen molar-refractivity contribution in [3.05, 3.63) is 93.5 Å². The summed E-state index contributed by atoms with van der Waals surface area (Å²) in [6.07, 6.45) is 2.00. The summed E-state index contributed by atoms with van der Waals surface area (Å²) in [6, 6.07) is 17.4. The van der Waals surface area contributed by atoms with E-state index in [1.54, 1.807) is 55.5 Å². The summed E-state index contributed by atoms with van der Waals surface area (Å²) < 4.78 is 29.0. The van der Waals surface area contributed by atoms with Gasteiger partial charge in [0.15, 0.2) is 0 Å². The van der Waals surface area contributed by atoms with Crippen LogP contribution >= 0.6 is 23.2 Å². The number of halogens is 2. The molecule has 0 heterocycles. The minimum absolute atomic E-state index is 0.0519. The van der Waals surface area contributed by atoms with Gasteiger partial charge in [-0.25, -0.2) is 8.42 Å². The Kier molecular flexibility index (Phi) is 11.6. The molecule has 0 spiro atoms. The second kappa shape index (κ2) is 14.7. The van der Waals surface area contributed by atoms with E-state index in [0.29, 0.717) is 34.3 Å². The average molecular weight is 619 g/mol. The fourth-order valence-corrected chi connectivity index (χ4v) is 6.35. The number of hydrogen-bond donors (Lipinski definition) is 1. The van der Waals surface area contributed by atoms with Gasteiger partial charge in [0, 0.05) is 28.7 Å². The van der Waals surface area contributed by atoms with Crippen molar-refractivity contribution < 1.29 is 18.0 Å². The number of unbranched alkanes of at least 4 members (excludes halogenated alkanes) is 1. The molecule has 0 aromatic heterocycles. The number of hydrogen-bond acceptors (Lipinski definition) is 4. The van der Waals surface area contributed by atoms with E-state index in [4.69, 9.17) is 23.2 Å². The standard InChI is InChI=1S/C31H37Cl2N3O4S/c1-5-7-18-34-31(38)29(6-2)35(20-26-27(32)14-11-15-28(26)33)30(37)21-36(24-17-16-22(3)23(4)19-24)41(39,40)25-12-9-8-10-13-25/h8-17,19,29H,5-7,18,20-21H2,1-4H3,(H,34,38)/t29-/m0/s1. The van der Waals surface area contributed by atoms with Gasteiger partial charge in [0.1, 0.15) is 12.6 Å². The first-order valence-electron chi connectivity index (χ1n) is 13.7. The third kappa shape index (κ3) is 8.03. The van der Waals surface area contributed by atoms with Crippen molar-refractivity contribution in [2.24, 2.45) is 0 Å². The maximum absolute atomic E-state index is 14.2. The predicted molar refractivity (Wildman–Crippen MR) is 166 cm³/mol. The Balaban J connectivity index is 2.09. The molecule has 3 rings (SSSR count). The number of nitrogens with one attached hydrogen (secondary N) is 1. The molecular formula is C31H37Cl2N3O4S. The van der Waals surface area contributed by atoms with E-state index in [0.717, 1.165) is 28.3 Å². The van der Waals surface area contributed by atoms with Crippen molar-refractivity contribution in [3.8, 4) is 0 Å². The molecule has 1 N–H and O–H groups in total. The van der Waals surface area contributed by atoms with Crippen LogP contribution in [0.2, 0.25) is 10.0 Å². The predicted octanol–water partition coefficient (Wildman–Crippen LogP) is 6.53. The number of rotatable bonds is 13. The molecule has 2 amide bonds. The van der Waals surface area contributed by atoms with Crippen molar-refractivity contribution in [2.45, 2.75) is 64.4 Å². The lowest BCUT2D eigenvalue weighted by Crippen LogP contribution is -2.52. The first kappa shape index (κ1) is 32.4. The van der Waals surface area contributed by atoms with Gasteiger partial charge in [-0.05, 0) is 74.2 Å². The zero-order valence-corrected chi connectivity index (χ0v) is 26.2. The van der Waals surface area contributed by atoms with Crippen LogP contribution in [0.5, 0.6) is 0 Å². The molecule has 0 unspecified atom stereocenters. The van der Waals surface area contributed by atoms with Crippen LogP contribution < -0.4 is 9.62 Å². The summed E-state index contributed by atoms with van der Waals surface area (Å²) in [5.74, 6) is -0.877. The summed E-state index contributed by atoms with van der Waals surface area (Å²) >= 11 is 12.9. The Labute approximate surface area is 253 Å². The highest BCUT2D eigenvalue weighted by atomic mass is 35.5. The number of carbonyl (C=O) groups is 2. The molecule has 0 bridgehead atoms. The molecule has 41 heavy (non-hydrogen) atoms. The van der Waals surface area contributed by atoms with Crippen LogP contribution in [0, 0.1) is 13.8 Å². The van der Waals surface area contributed by atoms with Crippen LogP contribution in [0.1, 0.15) is 49.8 Å². The zero-order chi connectivity index (χ0) is 30.2. The van der Waals surface area contributed by atoms with E-state index in [-0.39, 0.29) is 17.3 Å². The third-order valence-corrected chi connectivity index (χ3v) is 9.49. The van der Waals surface area contributed by atoms with Gasteiger partial charge in [-0.15, -0.1) is 0 Å². The number of nitrogens with zero attached hydrogens (tertiary/aromatic N) is 2. The fraction of sp³-hybridized carbons (Fsp3) is 0.355. The number of aryl methyl sites for hydroxylation is 2. The van der Waals surface area contributed by atoms with Gasteiger partial charge in [0.05, 0.1) is 10.6 Å². The molecule has 0 aliphatic heterocycles. The van der Waals surface area contributed by atoms with Gasteiger partial charge in [-0.2, -0.15) is 0 Å². The van der Waals surface area contributed by atoms with Gasteiger partial charge >= 0.3 is 0 Å². The summed E-state index contributed by atoms with van der Waals surface area (Å²) in [6.45, 7) is 7.51. The molecule has 7 nitrogen and oxygen atoms in total. The van der Waals surface area contributed by atoms with Crippen LogP contribution in [0.3, 0.4) is 0 Å². The molecule has 0 aliphatic carbocycles. The largest absolute Gasteiger partial charge is 0.354 e. The molecule has 0 saturated heterocycles. The Morgan fingerprint density at radius 3 is 2.15 bits per heavy atom. The summed E-state index contributed by atoms with van der Waals surface area (Å²) in [7, 11) is -4.14. The van der Waals surface area contributed by atoms with Crippen LogP contribution in [0.4, 0.5) is 5.69 Å². The van der Waals surface area contributed by atoms with Crippen molar-refractivity contribution in [2.75, 3.05) is 17.4 Å². The topological polar surface area (TPSA) is 86.8 Å². The first-order chi connectivity index (χ1) is 19.5. The van der Waals surface area contributed by atoms with Crippen molar-refractivity contribution >= 4 is 50.7 Å². The van der Waals surface area contributed by atoms with Gasteiger partial charge in [0.25, 0.3) is 10.0 Å². The Hall–Kier alpha value is -3.07. The molecule has 10 heteroatoms. The van der Waals surface area contributed by atoms with Crippen LogP contribution in [-0.4, -0.2) is 44.3 Å². The molecule has 0 saturated carbocycles. The molecule has 0 fully saturated rings. The number of benzene rings is 3. The van der Waals surface area contributed by atoms with Crippen LogP contribution in [-0.2, 0) is 26.2 Å². The highest BCUT2D eigenvalue weighted by Crippen LogP contribution is 2.29. The van der Waals surface area contributed by atoms with E-state index in [1.165, 1.54) is 17.0 Å². The lowest BCUT2D eigenvalue weighted by molar-refractivity contribution is -0.140. The van der Waals surface area contributed by atoms with E-state index in [1.807, 2.05) is 26.8 Å². The van der Waals surface area contributed by atoms with E-state index >= 15 is 0 Å². The van der Waals surface area contributed by atoms with Crippen LogP contribution in [0.15, 0.2) is 71.6 Å². The van der Waals surface area contributed by atoms with Crippen LogP contribution in [0.25, 0.3) is 0 Å². The molecule has 1 atom stereocenters. The second-order valence-corrected chi connectivity index (χ2v) is 12.6. The number of carbonyl (C=O) groups excluding carboxylic acids is 2. The first-order valence-corrected chi connectivity index (χ1v) is 15.9. The highest BCUT2D eigenvalue weighted by molar-refractivity contribution is 7.92. The normalized spacial score (nSPS) is 12.0. The summed E-state index contributed by atoms with van der Waals surface area (Å²) in [5.41, 5.74) is 2.70. The molecule has 220 valence electrons. The van der Waals surface area contributed by atoms with Crippen molar-refractivity contribution in [1.29, 1.82) is 0 Å². The Bertz CT molecular complexity index is 1450. The lowest BCUT2D eigenvalue weighted by Gasteiger charge is -2.33. The zero-order valence-electron chi connectivity index (χ0n) is 23.9. The summed E-state index contributed by atoms with van der Waals surface area (Å²) in [4.78, 5) is 28.9. The highest BCUT2D eigenvalue weighted by Gasteiger charge is 2.34. The van der Waals surface area contributed by atoms with Gasteiger partial charge in [-0.3, -0.25) is 13.9 Å².